The highest BCUT2D eigenvalue weighted by Crippen LogP contribution is 2.36. The van der Waals surface area contributed by atoms with Gasteiger partial charge in [0, 0.05) is 26.4 Å². The van der Waals surface area contributed by atoms with Crippen LogP contribution in [0.4, 0.5) is 0 Å². The van der Waals surface area contributed by atoms with Gasteiger partial charge in [-0.05, 0) is 56.9 Å². The molecule has 190 valence electrons. The van der Waals surface area contributed by atoms with E-state index in [1.165, 1.54) is 52.4 Å². The molecule has 4 atom stereocenters. The van der Waals surface area contributed by atoms with Gasteiger partial charge in [-0.2, -0.15) is 0 Å². The molecule has 1 fully saturated rings. The molecule has 0 aliphatic heterocycles. The minimum absolute atomic E-state index is 0.0884. The van der Waals surface area contributed by atoms with Gasteiger partial charge in [-0.1, -0.05) is 70.1 Å². The van der Waals surface area contributed by atoms with Crippen molar-refractivity contribution >= 4 is 11.9 Å². The number of esters is 2. The molecular formula is C28H48O5. The summed E-state index contributed by atoms with van der Waals surface area (Å²) >= 11 is 0. The molecule has 0 saturated heterocycles. The Labute approximate surface area is 202 Å². The van der Waals surface area contributed by atoms with Crippen molar-refractivity contribution in [3.63, 3.8) is 0 Å². The quantitative estimate of drug-likeness (QED) is 0.148. The van der Waals surface area contributed by atoms with Crippen molar-refractivity contribution in [2.45, 2.75) is 123 Å². The molecule has 1 saturated carbocycles. The first kappa shape index (κ1) is 29.4. The molecule has 5 nitrogen and oxygen atoms in total. The van der Waals surface area contributed by atoms with Gasteiger partial charge in [0.2, 0.25) is 0 Å². The summed E-state index contributed by atoms with van der Waals surface area (Å²) < 4.78 is 11.2. The molecule has 0 aromatic carbocycles. The molecule has 33 heavy (non-hydrogen) atoms. The minimum Gasteiger partial charge on any atom is -0.462 e. The molecule has 5 heteroatoms. The molecule has 0 aromatic heterocycles. The van der Waals surface area contributed by atoms with Gasteiger partial charge in [0.15, 0.2) is 0 Å². The topological polar surface area (TPSA) is 72.8 Å². The molecule has 0 radical (unpaired) electrons. The smallest absolute Gasteiger partial charge is 0.303 e. The van der Waals surface area contributed by atoms with E-state index in [0.717, 1.165) is 51.4 Å². The second kappa shape index (κ2) is 18.8. The SMILES string of the molecule is CCCCCCCCC(/C=C/C=C/C1CCCCC1C(CCCCO)OC(C)=O)OC(C)=O. The normalized spacial score (nSPS) is 20.7. The lowest BCUT2D eigenvalue weighted by atomic mass is 9.75. The lowest BCUT2D eigenvalue weighted by Gasteiger charge is -2.35. The van der Waals surface area contributed by atoms with E-state index in [1.807, 2.05) is 12.2 Å². The number of carbonyl (C=O) groups excluding carboxylic acids is 2. The molecule has 1 rings (SSSR count). The van der Waals surface area contributed by atoms with Gasteiger partial charge in [0.05, 0.1) is 0 Å². The number of aliphatic hydroxyl groups excluding tert-OH is 1. The number of carbonyl (C=O) groups is 2. The predicted octanol–water partition coefficient (Wildman–Crippen LogP) is 6.68. The Bertz CT molecular complexity index is 583. The summed E-state index contributed by atoms with van der Waals surface area (Å²) in [5.41, 5.74) is 0. The van der Waals surface area contributed by atoms with Crippen molar-refractivity contribution in [2.75, 3.05) is 6.61 Å². The van der Waals surface area contributed by atoms with Crippen LogP contribution in [-0.2, 0) is 19.1 Å². The summed E-state index contributed by atoms with van der Waals surface area (Å²) in [6.07, 6.45) is 23.1. The Hall–Kier alpha value is -1.62. The summed E-state index contributed by atoms with van der Waals surface area (Å²) in [5.74, 6) is 0.223. The zero-order valence-electron chi connectivity index (χ0n) is 21.3. The van der Waals surface area contributed by atoms with Crippen LogP contribution in [0.3, 0.4) is 0 Å². The van der Waals surface area contributed by atoms with E-state index < -0.39 is 0 Å². The fraction of sp³-hybridized carbons (Fsp3) is 0.786. The first-order valence-corrected chi connectivity index (χ1v) is 13.3. The summed E-state index contributed by atoms with van der Waals surface area (Å²) in [4.78, 5) is 23.2. The first-order valence-electron chi connectivity index (χ1n) is 13.3. The molecular weight excluding hydrogens is 416 g/mol. The van der Waals surface area contributed by atoms with Crippen LogP contribution in [-0.4, -0.2) is 35.9 Å². The average molecular weight is 465 g/mol. The van der Waals surface area contributed by atoms with Gasteiger partial charge in [0.1, 0.15) is 12.2 Å². The molecule has 0 amide bonds. The Morgan fingerprint density at radius 3 is 2.24 bits per heavy atom. The maximum Gasteiger partial charge on any atom is 0.303 e. The largest absolute Gasteiger partial charge is 0.462 e. The highest BCUT2D eigenvalue weighted by Gasteiger charge is 2.32. The van der Waals surface area contributed by atoms with Crippen LogP contribution in [0.5, 0.6) is 0 Å². The van der Waals surface area contributed by atoms with Crippen LogP contribution >= 0.6 is 0 Å². The van der Waals surface area contributed by atoms with Crippen LogP contribution in [0.25, 0.3) is 0 Å². The van der Waals surface area contributed by atoms with E-state index in [4.69, 9.17) is 14.6 Å². The maximum absolute atomic E-state index is 11.7. The van der Waals surface area contributed by atoms with E-state index in [1.54, 1.807) is 0 Å². The van der Waals surface area contributed by atoms with Crippen LogP contribution < -0.4 is 0 Å². The van der Waals surface area contributed by atoms with Crippen molar-refractivity contribution in [3.05, 3.63) is 24.3 Å². The van der Waals surface area contributed by atoms with Crippen LogP contribution in [0.2, 0.25) is 0 Å². The van der Waals surface area contributed by atoms with Crippen molar-refractivity contribution in [1.29, 1.82) is 0 Å². The number of hydrogen-bond acceptors (Lipinski definition) is 5. The third-order valence-corrected chi connectivity index (χ3v) is 6.52. The molecule has 1 aliphatic carbocycles. The average Bonchev–Trinajstić information content (AvgIpc) is 2.78. The third-order valence-electron chi connectivity index (χ3n) is 6.52. The van der Waals surface area contributed by atoms with Gasteiger partial charge in [0.25, 0.3) is 0 Å². The van der Waals surface area contributed by atoms with Crippen molar-refractivity contribution in [3.8, 4) is 0 Å². The zero-order chi connectivity index (χ0) is 24.3. The summed E-state index contributed by atoms with van der Waals surface area (Å²) in [5, 5.41) is 9.11. The summed E-state index contributed by atoms with van der Waals surface area (Å²) in [6.45, 7) is 5.34. The lowest BCUT2D eigenvalue weighted by Crippen LogP contribution is -2.33. The fourth-order valence-corrected chi connectivity index (χ4v) is 4.85. The third kappa shape index (κ3) is 14.3. The monoisotopic (exact) mass is 464 g/mol. The van der Waals surface area contributed by atoms with Crippen molar-refractivity contribution in [2.24, 2.45) is 11.8 Å². The standard InChI is InChI=1S/C28H48O5/c1-4-5-6-7-8-9-18-26(32-23(2)30)19-12-10-16-25-17-11-13-20-27(25)28(33-24(3)31)21-14-15-22-29/h10,12,16,19,25-29H,4-9,11,13-15,17-18,20-22H2,1-3H3/b16-10+,19-12+. The molecule has 4 unspecified atom stereocenters. The second-order valence-corrected chi connectivity index (χ2v) is 9.45. The number of rotatable bonds is 17. The molecule has 1 N–H and O–H groups in total. The van der Waals surface area contributed by atoms with Crippen LogP contribution in [0.1, 0.15) is 111 Å². The van der Waals surface area contributed by atoms with Gasteiger partial charge in [-0.3, -0.25) is 9.59 Å². The first-order chi connectivity index (χ1) is 16.0. The number of ether oxygens (including phenoxy) is 2. The number of unbranched alkanes of at least 4 members (excludes halogenated alkanes) is 6. The molecule has 0 spiro atoms. The summed E-state index contributed by atoms with van der Waals surface area (Å²) in [6, 6.07) is 0. The Kier molecular flexibility index (Phi) is 16.7. The van der Waals surface area contributed by atoms with E-state index >= 15 is 0 Å². The lowest BCUT2D eigenvalue weighted by molar-refractivity contribution is -0.151. The van der Waals surface area contributed by atoms with Crippen LogP contribution in [0.15, 0.2) is 24.3 Å². The number of hydrogen-bond donors (Lipinski definition) is 1. The Balaban J connectivity index is 2.66. The van der Waals surface area contributed by atoms with E-state index in [0.29, 0.717) is 11.8 Å². The van der Waals surface area contributed by atoms with Gasteiger partial charge in [-0.15, -0.1) is 0 Å². The predicted molar refractivity (Wildman–Crippen MR) is 134 cm³/mol. The zero-order valence-corrected chi connectivity index (χ0v) is 21.3. The minimum atomic E-state index is -0.237. The molecule has 0 heterocycles. The number of aliphatic hydroxyl groups is 1. The highest BCUT2D eigenvalue weighted by atomic mass is 16.5. The molecule has 1 aliphatic rings. The van der Waals surface area contributed by atoms with Crippen LogP contribution in [0, 0.1) is 11.8 Å². The Morgan fingerprint density at radius 2 is 1.55 bits per heavy atom. The van der Waals surface area contributed by atoms with Gasteiger partial charge < -0.3 is 14.6 Å². The van der Waals surface area contributed by atoms with E-state index in [2.05, 4.69) is 19.1 Å². The highest BCUT2D eigenvalue weighted by molar-refractivity contribution is 5.66. The fourth-order valence-electron chi connectivity index (χ4n) is 4.85. The van der Waals surface area contributed by atoms with E-state index in [-0.39, 0.29) is 30.8 Å². The summed E-state index contributed by atoms with van der Waals surface area (Å²) in [7, 11) is 0. The van der Waals surface area contributed by atoms with Crippen molar-refractivity contribution in [1.82, 2.24) is 0 Å². The molecule has 0 aromatic rings. The van der Waals surface area contributed by atoms with Gasteiger partial charge in [-0.25, -0.2) is 0 Å². The molecule has 0 bridgehead atoms. The number of allylic oxidation sites excluding steroid dienone is 3. The second-order valence-electron chi connectivity index (χ2n) is 9.45. The van der Waals surface area contributed by atoms with Crippen molar-refractivity contribution < 1.29 is 24.2 Å². The van der Waals surface area contributed by atoms with Gasteiger partial charge >= 0.3 is 11.9 Å². The Morgan fingerprint density at radius 1 is 0.879 bits per heavy atom. The van der Waals surface area contributed by atoms with E-state index in [9.17, 15) is 9.59 Å². The maximum atomic E-state index is 11.7.